The first-order valence-corrected chi connectivity index (χ1v) is 3.50. The molecule has 0 saturated carbocycles. The minimum atomic E-state index is -3.52. The van der Waals surface area contributed by atoms with E-state index >= 15 is 0 Å². The first kappa shape index (κ1) is 3.17. The molecule has 14 heavy (non-hydrogen) atoms. The number of carbonyl (C=O) groups is 1. The Bertz CT molecular complexity index is 535. The van der Waals surface area contributed by atoms with Crippen LogP contribution in [0.1, 0.15) is 37.0 Å². The van der Waals surface area contributed by atoms with Gasteiger partial charge in [0.25, 0.3) is 5.91 Å². The van der Waals surface area contributed by atoms with Crippen LogP contribution in [0, 0.1) is 0 Å². The van der Waals surface area contributed by atoms with E-state index in [1.54, 1.807) is 0 Å². The first-order chi connectivity index (χ1) is 11.3. The Balaban J connectivity index is 3.59. The third kappa shape index (κ3) is 2.05. The summed E-state index contributed by atoms with van der Waals surface area (Å²) in [7, 11) is 0.758. The highest BCUT2D eigenvalue weighted by Gasteiger charge is 2.48. The second kappa shape index (κ2) is 3.49. The van der Waals surface area contributed by atoms with Crippen LogP contribution in [0.25, 0.3) is 0 Å². The maximum atomic E-state index is 12.6. The van der Waals surface area contributed by atoms with Gasteiger partial charge in [0.2, 0.25) is 0 Å². The zero-order valence-electron chi connectivity index (χ0n) is 19.3. The summed E-state index contributed by atoms with van der Waals surface area (Å²) in [4.78, 5) is 17.0. The Morgan fingerprint density at radius 1 is 1.57 bits per heavy atom. The second-order valence-corrected chi connectivity index (χ2v) is 2.62. The van der Waals surface area contributed by atoms with Crippen molar-refractivity contribution >= 4 is 5.91 Å². The van der Waals surface area contributed by atoms with Gasteiger partial charge in [0.1, 0.15) is 0 Å². The Labute approximate surface area is 101 Å². The highest BCUT2D eigenvalue weighted by atomic mass is 16.8. The molecule has 5 nitrogen and oxygen atoms in total. The van der Waals surface area contributed by atoms with Crippen molar-refractivity contribution in [3.05, 3.63) is 0 Å². The van der Waals surface area contributed by atoms with Gasteiger partial charge in [0.15, 0.2) is 11.4 Å². The molecule has 1 heterocycles. The molecule has 0 aromatic heterocycles. The normalized spacial score (nSPS) is 46.6. The van der Waals surface area contributed by atoms with Crippen LogP contribution < -0.4 is 0 Å². The van der Waals surface area contributed by atoms with Gasteiger partial charge >= 0.3 is 0 Å². The number of hydrogen-bond acceptors (Lipinski definition) is 4. The summed E-state index contributed by atoms with van der Waals surface area (Å²) in [6.45, 7) is -15.1. The van der Waals surface area contributed by atoms with Gasteiger partial charge in [-0.3, -0.25) is 9.63 Å². The van der Waals surface area contributed by atoms with E-state index in [-0.39, 0.29) is 5.06 Å². The predicted octanol–water partition coefficient (Wildman–Crippen LogP) is 0.548. The molecule has 1 rings (SSSR count). The quantitative estimate of drug-likeness (QED) is 0.646. The van der Waals surface area contributed by atoms with Crippen LogP contribution >= 0.6 is 0 Å². The topological polar surface area (TPSA) is 48.0 Å². The molecule has 0 bridgehead atoms. The number of carbonyl (C=O) groups excluding carboxylic acids is 1. The molecule has 82 valence electrons. The molecule has 0 radical (unpaired) electrons. The summed E-state index contributed by atoms with van der Waals surface area (Å²) in [5.41, 5.74) is -3.22. The summed E-state index contributed by atoms with van der Waals surface area (Å²) < 4.78 is 98.3. The SMILES string of the molecule is [3H]C([3H])([3H])N(OC)C(=O)C1(C([3H])([3H])[3H])COC(C([3H])([3H])[3H])(C([3H])([3H])[3H])O1. The molecule has 1 unspecified atom stereocenters. The van der Waals surface area contributed by atoms with Gasteiger partial charge in [-0.05, 0) is 20.6 Å². The molecule has 0 spiro atoms. The van der Waals surface area contributed by atoms with E-state index in [4.69, 9.17) is 25.9 Å². The minimum Gasteiger partial charge on any atom is -0.347 e. The van der Waals surface area contributed by atoms with Crippen molar-refractivity contribution in [2.45, 2.75) is 31.9 Å². The van der Waals surface area contributed by atoms with Gasteiger partial charge in [0, 0.05) is 23.4 Å². The highest BCUT2D eigenvalue weighted by molar-refractivity contribution is 5.84. The average molecular weight is 227 g/mol. The average Bonchev–Trinajstić information content (AvgIpc) is 2.78. The lowest BCUT2D eigenvalue weighted by Crippen LogP contribution is -2.47. The molecule has 0 aromatic carbocycles. The van der Waals surface area contributed by atoms with Crippen LogP contribution in [-0.2, 0) is 19.1 Å². The summed E-state index contributed by atoms with van der Waals surface area (Å²) in [5, 5.41) is -0.308. The van der Waals surface area contributed by atoms with Gasteiger partial charge in [-0.2, -0.15) is 0 Å². The second-order valence-electron chi connectivity index (χ2n) is 2.62. The zero-order valence-corrected chi connectivity index (χ0v) is 7.29. The number of amides is 1. The largest absolute Gasteiger partial charge is 0.347 e. The zero-order chi connectivity index (χ0) is 21.0. The van der Waals surface area contributed by atoms with Gasteiger partial charge in [0.05, 0.1) is 13.7 Å². The van der Waals surface area contributed by atoms with E-state index in [9.17, 15) is 4.79 Å². The molecule has 1 aliphatic rings. The van der Waals surface area contributed by atoms with E-state index in [2.05, 4.69) is 4.84 Å². The highest BCUT2D eigenvalue weighted by Crippen LogP contribution is 2.31. The fourth-order valence-corrected chi connectivity index (χ4v) is 0.860. The molecule has 1 saturated heterocycles. The smallest absolute Gasteiger partial charge is 0.280 e. The van der Waals surface area contributed by atoms with Crippen LogP contribution in [0.2, 0.25) is 0 Å². The van der Waals surface area contributed by atoms with Crippen LogP contribution in [-0.4, -0.2) is 43.1 Å². The Kier molecular flexibility index (Phi) is 0.790. The number of nitrogens with zero attached hydrogens (tertiary/aromatic N) is 1. The van der Waals surface area contributed by atoms with E-state index in [1.807, 2.05) is 0 Å². The fraction of sp³-hybridized carbons (Fsp3) is 0.889. The van der Waals surface area contributed by atoms with Crippen molar-refractivity contribution in [1.29, 1.82) is 0 Å². The number of ether oxygens (including phenoxy) is 2. The molecular weight excluding hydrogens is 186 g/mol. The van der Waals surface area contributed by atoms with Crippen LogP contribution in [0.15, 0.2) is 0 Å². The van der Waals surface area contributed by atoms with Gasteiger partial charge in [-0.1, -0.05) is 0 Å². The molecule has 0 aliphatic carbocycles. The lowest BCUT2D eigenvalue weighted by atomic mass is 10.1. The van der Waals surface area contributed by atoms with Crippen molar-refractivity contribution in [3.63, 3.8) is 0 Å². The van der Waals surface area contributed by atoms with Gasteiger partial charge in [-0.15, -0.1) is 0 Å². The fourth-order valence-electron chi connectivity index (χ4n) is 0.860. The molecule has 5 heteroatoms. The van der Waals surface area contributed by atoms with Gasteiger partial charge < -0.3 is 9.47 Å². The van der Waals surface area contributed by atoms with Crippen LogP contribution in [0.3, 0.4) is 0 Å². The van der Waals surface area contributed by atoms with Crippen molar-refractivity contribution in [2.75, 3.05) is 20.7 Å². The Morgan fingerprint density at radius 3 is 2.79 bits per heavy atom. The summed E-state index contributed by atoms with van der Waals surface area (Å²) in [5.74, 6) is -5.27. The number of rotatable bonds is 2. The molecule has 1 aliphatic heterocycles. The summed E-state index contributed by atoms with van der Waals surface area (Å²) in [6, 6.07) is 0. The number of hydrogen-bond donors (Lipinski definition) is 0. The molecule has 1 amide bonds. The molecule has 0 aromatic rings. The van der Waals surface area contributed by atoms with Crippen molar-refractivity contribution in [2.24, 2.45) is 0 Å². The first-order valence-electron chi connectivity index (χ1n) is 9.50. The van der Waals surface area contributed by atoms with Crippen molar-refractivity contribution < 1.29 is 35.6 Å². The van der Waals surface area contributed by atoms with E-state index in [0.29, 0.717) is 0 Å². The van der Waals surface area contributed by atoms with Crippen LogP contribution in [0.5, 0.6) is 0 Å². The molecule has 1 atom stereocenters. The Morgan fingerprint density at radius 2 is 2.36 bits per heavy atom. The minimum absolute atomic E-state index is 0.308. The Hall–Kier alpha value is -0.650. The van der Waals surface area contributed by atoms with E-state index in [1.165, 1.54) is 0 Å². The molecular formula is C9H17NO4. The van der Waals surface area contributed by atoms with E-state index < -0.39 is 51.4 Å². The summed E-state index contributed by atoms with van der Waals surface area (Å²) >= 11 is 0. The maximum absolute atomic E-state index is 12.6. The van der Waals surface area contributed by atoms with Gasteiger partial charge in [-0.25, -0.2) is 5.06 Å². The lowest BCUT2D eigenvalue weighted by Gasteiger charge is -2.27. The third-order valence-electron chi connectivity index (χ3n) is 1.51. The third-order valence-corrected chi connectivity index (χ3v) is 1.51. The lowest BCUT2D eigenvalue weighted by molar-refractivity contribution is -0.202. The standard InChI is InChI=1S/C9H17NO4/c1-8(2)13-6-9(3,14-8)7(11)10(4)12-5/h6H2,1-5H3/i1T3,2T3,3T3,4T3. The predicted molar refractivity (Wildman–Crippen MR) is 49.3 cm³/mol. The monoisotopic (exact) mass is 227 g/mol. The number of likely N-dealkylation sites (N-methyl/N-ethyl adjacent to an activating group) is 1. The molecule has 0 N–H and O–H groups in total. The molecule has 1 fully saturated rings. The van der Waals surface area contributed by atoms with Crippen molar-refractivity contribution in [1.82, 2.24) is 5.06 Å². The van der Waals surface area contributed by atoms with Crippen LogP contribution in [0.4, 0.5) is 0 Å². The summed E-state index contributed by atoms with van der Waals surface area (Å²) in [6.07, 6.45) is 0. The maximum Gasteiger partial charge on any atom is 0.280 e. The number of hydroxylamine groups is 2. The van der Waals surface area contributed by atoms with E-state index in [0.717, 1.165) is 7.11 Å². The van der Waals surface area contributed by atoms with Crippen molar-refractivity contribution in [3.8, 4) is 0 Å².